The third kappa shape index (κ3) is 2.96. The fraction of sp³-hybridized carbons (Fsp3) is 0.900. The van der Waals surface area contributed by atoms with Gasteiger partial charge in [-0.2, -0.15) is 0 Å². The number of rotatable bonds is 3. The van der Waals surface area contributed by atoms with Gasteiger partial charge < -0.3 is 15.0 Å². The predicted molar refractivity (Wildman–Crippen MR) is 55.1 cm³/mol. The zero-order valence-corrected chi connectivity index (χ0v) is 9.25. The number of hydrogen-bond acceptors (Lipinski definition) is 3. The highest BCUT2D eigenvalue weighted by Crippen LogP contribution is 2.08. The molecule has 1 saturated heterocycles. The van der Waals surface area contributed by atoms with Crippen molar-refractivity contribution in [3.8, 4) is 0 Å². The van der Waals surface area contributed by atoms with Gasteiger partial charge in [0.2, 0.25) is 5.91 Å². The summed E-state index contributed by atoms with van der Waals surface area (Å²) in [6.07, 6.45) is 0.494. The lowest BCUT2D eigenvalue weighted by atomic mass is 10.1. The largest absolute Gasteiger partial charge is 0.384 e. The van der Waals surface area contributed by atoms with Crippen molar-refractivity contribution in [2.45, 2.75) is 32.4 Å². The van der Waals surface area contributed by atoms with Gasteiger partial charge in [-0.3, -0.25) is 4.79 Å². The molecule has 1 heterocycles. The molecule has 1 rings (SSSR count). The summed E-state index contributed by atoms with van der Waals surface area (Å²) in [4.78, 5) is 13.7. The second kappa shape index (κ2) is 5.32. The molecule has 0 aliphatic carbocycles. The van der Waals surface area contributed by atoms with Crippen molar-refractivity contribution in [1.82, 2.24) is 10.2 Å². The van der Waals surface area contributed by atoms with E-state index in [0.717, 1.165) is 13.1 Å². The fourth-order valence-corrected chi connectivity index (χ4v) is 1.70. The van der Waals surface area contributed by atoms with E-state index in [4.69, 9.17) is 4.74 Å². The highest BCUT2D eigenvalue weighted by atomic mass is 16.5. The second-order valence-electron chi connectivity index (χ2n) is 3.95. The van der Waals surface area contributed by atoms with Crippen LogP contribution in [0.4, 0.5) is 0 Å². The molecule has 0 aromatic carbocycles. The molecule has 1 amide bonds. The Hall–Kier alpha value is -0.610. The maximum atomic E-state index is 11.7. The standard InChI is InChI=1S/C10H20N2O2/c1-8-7-12(9(2)6-11-8)10(13)4-5-14-3/h8-9,11H,4-7H2,1-3H3. The molecular formula is C10H20N2O2. The van der Waals surface area contributed by atoms with Gasteiger partial charge in [0.25, 0.3) is 0 Å². The number of nitrogens with zero attached hydrogens (tertiary/aromatic N) is 1. The van der Waals surface area contributed by atoms with E-state index in [0.29, 0.717) is 25.1 Å². The molecule has 0 aromatic rings. The van der Waals surface area contributed by atoms with E-state index in [1.54, 1.807) is 7.11 Å². The SMILES string of the molecule is COCCC(=O)N1CC(C)NCC1C. The van der Waals surface area contributed by atoms with Gasteiger partial charge in [0, 0.05) is 32.3 Å². The van der Waals surface area contributed by atoms with E-state index >= 15 is 0 Å². The van der Waals surface area contributed by atoms with Crippen molar-refractivity contribution in [2.75, 3.05) is 26.8 Å². The van der Waals surface area contributed by atoms with Crippen LogP contribution in [0.15, 0.2) is 0 Å². The van der Waals surface area contributed by atoms with E-state index in [2.05, 4.69) is 19.2 Å². The molecule has 0 bridgehead atoms. The Bertz CT molecular complexity index is 197. The Balaban J connectivity index is 2.43. The summed E-state index contributed by atoms with van der Waals surface area (Å²) in [6, 6.07) is 0.702. The molecule has 82 valence electrons. The van der Waals surface area contributed by atoms with Crippen LogP contribution in [-0.2, 0) is 9.53 Å². The smallest absolute Gasteiger partial charge is 0.225 e. The molecule has 1 fully saturated rings. The average molecular weight is 200 g/mol. The highest BCUT2D eigenvalue weighted by molar-refractivity contribution is 5.76. The van der Waals surface area contributed by atoms with Crippen molar-refractivity contribution >= 4 is 5.91 Å². The quantitative estimate of drug-likeness (QED) is 0.709. The molecule has 4 nitrogen and oxygen atoms in total. The molecule has 1 N–H and O–H groups in total. The first kappa shape index (κ1) is 11.5. The normalized spacial score (nSPS) is 27.8. The van der Waals surface area contributed by atoms with Crippen molar-refractivity contribution < 1.29 is 9.53 Å². The molecule has 2 atom stereocenters. The molecule has 1 aliphatic rings. The van der Waals surface area contributed by atoms with E-state index < -0.39 is 0 Å². The maximum Gasteiger partial charge on any atom is 0.225 e. The molecule has 2 unspecified atom stereocenters. The minimum atomic E-state index is 0.202. The molecule has 0 aromatic heterocycles. The number of piperazine rings is 1. The van der Waals surface area contributed by atoms with E-state index in [1.165, 1.54) is 0 Å². The zero-order valence-electron chi connectivity index (χ0n) is 9.25. The average Bonchev–Trinajstić information content (AvgIpc) is 2.18. The third-order valence-corrected chi connectivity index (χ3v) is 2.60. The summed E-state index contributed by atoms with van der Waals surface area (Å²) in [5.74, 6) is 0.202. The van der Waals surface area contributed by atoms with Gasteiger partial charge >= 0.3 is 0 Å². The van der Waals surface area contributed by atoms with Gasteiger partial charge in [-0.05, 0) is 13.8 Å². The summed E-state index contributed by atoms with van der Waals surface area (Å²) in [7, 11) is 1.62. The monoisotopic (exact) mass is 200 g/mol. The van der Waals surface area contributed by atoms with Crippen LogP contribution in [-0.4, -0.2) is 49.7 Å². The second-order valence-corrected chi connectivity index (χ2v) is 3.95. The molecule has 4 heteroatoms. The van der Waals surface area contributed by atoms with E-state index in [1.807, 2.05) is 4.90 Å². The highest BCUT2D eigenvalue weighted by Gasteiger charge is 2.25. The Labute approximate surface area is 85.6 Å². The van der Waals surface area contributed by atoms with Crippen LogP contribution in [0.5, 0.6) is 0 Å². The third-order valence-electron chi connectivity index (χ3n) is 2.60. The molecule has 0 radical (unpaired) electrons. The molecule has 14 heavy (non-hydrogen) atoms. The number of ether oxygens (including phenoxy) is 1. The summed E-state index contributed by atoms with van der Waals surface area (Å²) in [5, 5.41) is 3.35. The number of carbonyl (C=O) groups excluding carboxylic acids is 1. The fourth-order valence-electron chi connectivity index (χ4n) is 1.70. The van der Waals surface area contributed by atoms with Crippen LogP contribution in [0.2, 0.25) is 0 Å². The lowest BCUT2D eigenvalue weighted by Gasteiger charge is -2.37. The number of nitrogens with one attached hydrogen (secondary N) is 1. The zero-order chi connectivity index (χ0) is 10.6. The first-order chi connectivity index (χ1) is 6.65. The van der Waals surface area contributed by atoms with Gasteiger partial charge in [-0.1, -0.05) is 0 Å². The molecule has 0 saturated carbocycles. The molecule has 0 spiro atoms. The molecular weight excluding hydrogens is 180 g/mol. The number of hydrogen-bond donors (Lipinski definition) is 1. The lowest BCUT2D eigenvalue weighted by Crippen LogP contribution is -2.56. The number of amides is 1. The summed E-state index contributed by atoms with van der Waals surface area (Å²) in [6.45, 7) is 6.39. The minimum absolute atomic E-state index is 0.202. The predicted octanol–water partition coefficient (Wildman–Crippen LogP) is 0.232. The topological polar surface area (TPSA) is 41.6 Å². The van der Waals surface area contributed by atoms with Gasteiger partial charge in [-0.15, -0.1) is 0 Å². The van der Waals surface area contributed by atoms with Crippen LogP contribution >= 0.6 is 0 Å². The molecule has 1 aliphatic heterocycles. The Kier molecular flexibility index (Phi) is 4.35. The van der Waals surface area contributed by atoms with E-state index in [9.17, 15) is 4.79 Å². The Morgan fingerprint density at radius 1 is 1.57 bits per heavy atom. The van der Waals surface area contributed by atoms with Crippen molar-refractivity contribution in [2.24, 2.45) is 0 Å². The van der Waals surface area contributed by atoms with Gasteiger partial charge in [0.1, 0.15) is 0 Å². The summed E-state index contributed by atoms with van der Waals surface area (Å²) >= 11 is 0. The van der Waals surface area contributed by atoms with Crippen molar-refractivity contribution in [1.29, 1.82) is 0 Å². The Morgan fingerprint density at radius 3 is 2.93 bits per heavy atom. The minimum Gasteiger partial charge on any atom is -0.384 e. The van der Waals surface area contributed by atoms with Crippen molar-refractivity contribution in [3.05, 3.63) is 0 Å². The Morgan fingerprint density at radius 2 is 2.29 bits per heavy atom. The first-order valence-corrected chi connectivity index (χ1v) is 5.17. The van der Waals surface area contributed by atoms with Crippen LogP contribution < -0.4 is 5.32 Å². The van der Waals surface area contributed by atoms with Gasteiger partial charge in [0.05, 0.1) is 13.0 Å². The lowest BCUT2D eigenvalue weighted by molar-refractivity contribution is -0.135. The van der Waals surface area contributed by atoms with Gasteiger partial charge in [-0.25, -0.2) is 0 Å². The van der Waals surface area contributed by atoms with Crippen LogP contribution in [0, 0.1) is 0 Å². The first-order valence-electron chi connectivity index (χ1n) is 5.17. The van der Waals surface area contributed by atoms with Crippen molar-refractivity contribution in [3.63, 3.8) is 0 Å². The summed E-state index contributed by atoms with van der Waals surface area (Å²) < 4.78 is 4.90. The van der Waals surface area contributed by atoms with E-state index in [-0.39, 0.29) is 5.91 Å². The van der Waals surface area contributed by atoms with Crippen LogP contribution in [0.3, 0.4) is 0 Å². The number of carbonyl (C=O) groups is 1. The maximum absolute atomic E-state index is 11.7. The van der Waals surface area contributed by atoms with Gasteiger partial charge in [0.15, 0.2) is 0 Å². The summed E-state index contributed by atoms with van der Waals surface area (Å²) in [5.41, 5.74) is 0. The van der Waals surface area contributed by atoms with Crippen LogP contribution in [0.25, 0.3) is 0 Å². The van der Waals surface area contributed by atoms with Crippen LogP contribution in [0.1, 0.15) is 20.3 Å². The number of methoxy groups -OCH3 is 1.